The van der Waals surface area contributed by atoms with Crippen molar-refractivity contribution in [3.63, 3.8) is 0 Å². The van der Waals surface area contributed by atoms with Crippen molar-refractivity contribution in [1.82, 2.24) is 0 Å². The first-order valence-electron chi connectivity index (χ1n) is 6.92. The van der Waals surface area contributed by atoms with Crippen LogP contribution < -0.4 is 5.73 Å². The molecule has 0 aromatic carbocycles. The molecule has 100 valence electrons. The lowest BCUT2D eigenvalue weighted by Crippen LogP contribution is -2.41. The Bertz CT molecular complexity index is 356. The van der Waals surface area contributed by atoms with Crippen molar-refractivity contribution >= 4 is 9.84 Å². The van der Waals surface area contributed by atoms with Crippen LogP contribution in [-0.4, -0.2) is 26.5 Å². The first kappa shape index (κ1) is 13.3. The average molecular weight is 259 g/mol. The zero-order chi connectivity index (χ0) is 12.5. The van der Waals surface area contributed by atoms with Crippen LogP contribution in [0.3, 0.4) is 0 Å². The summed E-state index contributed by atoms with van der Waals surface area (Å²) in [6.07, 6.45) is 6.86. The molecule has 3 nitrogen and oxygen atoms in total. The number of hydrogen-bond donors (Lipinski definition) is 1. The molecule has 0 spiro atoms. The van der Waals surface area contributed by atoms with E-state index in [9.17, 15) is 8.42 Å². The zero-order valence-corrected chi connectivity index (χ0v) is 11.6. The normalized spacial score (nSPS) is 41.5. The lowest BCUT2D eigenvalue weighted by Gasteiger charge is -2.43. The maximum absolute atomic E-state index is 11.6. The standard InChI is InChI=1S/C13H25NO2S/c1-2-11-3-6-13(10-14,7-4-11)12-5-8-17(15,16)9-12/h11-12H,2-10,14H2,1H3. The van der Waals surface area contributed by atoms with Crippen LogP contribution in [0.1, 0.15) is 45.4 Å². The van der Waals surface area contributed by atoms with Gasteiger partial charge in [-0.3, -0.25) is 0 Å². The minimum absolute atomic E-state index is 0.134. The van der Waals surface area contributed by atoms with Gasteiger partial charge in [-0.1, -0.05) is 13.3 Å². The van der Waals surface area contributed by atoms with Crippen LogP contribution in [0.15, 0.2) is 0 Å². The van der Waals surface area contributed by atoms with Crippen LogP contribution in [0.4, 0.5) is 0 Å². The van der Waals surface area contributed by atoms with Gasteiger partial charge in [0.1, 0.15) is 0 Å². The van der Waals surface area contributed by atoms with E-state index in [0.29, 0.717) is 24.0 Å². The Morgan fingerprint density at radius 1 is 1.24 bits per heavy atom. The second-order valence-corrected chi connectivity index (χ2v) is 8.25. The molecule has 2 aliphatic rings. The predicted octanol–water partition coefficient (Wildman–Crippen LogP) is 1.97. The maximum atomic E-state index is 11.6. The Morgan fingerprint density at radius 2 is 1.88 bits per heavy atom. The second-order valence-electron chi connectivity index (χ2n) is 6.02. The van der Waals surface area contributed by atoms with Crippen molar-refractivity contribution in [1.29, 1.82) is 0 Å². The molecule has 1 saturated carbocycles. The van der Waals surface area contributed by atoms with Crippen LogP contribution in [0.2, 0.25) is 0 Å². The van der Waals surface area contributed by atoms with Gasteiger partial charge in [0.15, 0.2) is 9.84 Å². The fraction of sp³-hybridized carbons (Fsp3) is 1.00. The van der Waals surface area contributed by atoms with Gasteiger partial charge >= 0.3 is 0 Å². The van der Waals surface area contributed by atoms with Crippen molar-refractivity contribution in [2.24, 2.45) is 23.0 Å². The van der Waals surface area contributed by atoms with Crippen LogP contribution in [0.25, 0.3) is 0 Å². The van der Waals surface area contributed by atoms with Crippen molar-refractivity contribution in [3.05, 3.63) is 0 Å². The summed E-state index contributed by atoms with van der Waals surface area (Å²) in [5.41, 5.74) is 6.13. The highest BCUT2D eigenvalue weighted by atomic mass is 32.2. The molecular formula is C13H25NO2S. The summed E-state index contributed by atoms with van der Waals surface area (Å²) in [6, 6.07) is 0. The fourth-order valence-electron chi connectivity index (χ4n) is 3.72. The molecule has 1 unspecified atom stereocenters. The summed E-state index contributed by atoms with van der Waals surface area (Å²) in [6.45, 7) is 2.92. The van der Waals surface area contributed by atoms with E-state index >= 15 is 0 Å². The molecule has 1 atom stereocenters. The topological polar surface area (TPSA) is 60.2 Å². The van der Waals surface area contributed by atoms with Gasteiger partial charge in [-0.15, -0.1) is 0 Å². The van der Waals surface area contributed by atoms with E-state index in [2.05, 4.69) is 6.92 Å². The first-order valence-corrected chi connectivity index (χ1v) is 8.74. The van der Waals surface area contributed by atoms with Gasteiger partial charge in [-0.2, -0.15) is 0 Å². The fourth-order valence-corrected chi connectivity index (χ4v) is 5.66. The van der Waals surface area contributed by atoms with Crippen LogP contribution in [0, 0.1) is 17.3 Å². The van der Waals surface area contributed by atoms with E-state index in [1.165, 1.54) is 19.3 Å². The molecule has 1 aliphatic heterocycles. The largest absolute Gasteiger partial charge is 0.330 e. The Labute approximate surface area is 105 Å². The minimum Gasteiger partial charge on any atom is -0.330 e. The van der Waals surface area contributed by atoms with Crippen LogP contribution >= 0.6 is 0 Å². The molecule has 1 saturated heterocycles. The minimum atomic E-state index is -2.77. The highest BCUT2D eigenvalue weighted by Gasteiger charge is 2.45. The summed E-state index contributed by atoms with van der Waals surface area (Å²) in [5.74, 6) is 1.94. The monoisotopic (exact) mass is 259 g/mol. The molecule has 0 aromatic rings. The quantitative estimate of drug-likeness (QED) is 0.843. The Hall–Kier alpha value is -0.0900. The van der Waals surface area contributed by atoms with E-state index in [-0.39, 0.29) is 5.41 Å². The van der Waals surface area contributed by atoms with E-state index < -0.39 is 9.84 Å². The van der Waals surface area contributed by atoms with Crippen LogP contribution in [-0.2, 0) is 9.84 Å². The SMILES string of the molecule is CCC1CCC(CN)(C2CCS(=O)(=O)C2)CC1. The molecule has 1 heterocycles. The Kier molecular flexibility index (Phi) is 3.83. The maximum Gasteiger partial charge on any atom is 0.150 e. The lowest BCUT2D eigenvalue weighted by atomic mass is 9.63. The van der Waals surface area contributed by atoms with Gasteiger partial charge in [0.25, 0.3) is 0 Å². The smallest absolute Gasteiger partial charge is 0.150 e. The first-order chi connectivity index (χ1) is 8.01. The summed E-state index contributed by atoms with van der Waals surface area (Å²) >= 11 is 0. The molecule has 1 aliphatic carbocycles. The summed E-state index contributed by atoms with van der Waals surface area (Å²) in [5, 5.41) is 0. The third-order valence-corrected chi connectivity index (χ3v) is 6.95. The second kappa shape index (κ2) is 4.88. The van der Waals surface area contributed by atoms with E-state index in [0.717, 1.165) is 25.2 Å². The van der Waals surface area contributed by atoms with Gasteiger partial charge in [-0.25, -0.2) is 8.42 Å². The molecule has 0 radical (unpaired) electrons. The van der Waals surface area contributed by atoms with Gasteiger partial charge in [0, 0.05) is 0 Å². The summed E-state index contributed by atoms with van der Waals surface area (Å²) < 4.78 is 23.2. The molecule has 0 amide bonds. The Morgan fingerprint density at radius 3 is 2.29 bits per heavy atom. The molecular weight excluding hydrogens is 234 g/mol. The van der Waals surface area contributed by atoms with E-state index in [1.54, 1.807) is 0 Å². The van der Waals surface area contributed by atoms with Gasteiger partial charge in [-0.05, 0) is 55.9 Å². The third-order valence-electron chi connectivity index (χ3n) is 5.18. The van der Waals surface area contributed by atoms with Gasteiger partial charge in [0.05, 0.1) is 11.5 Å². The third kappa shape index (κ3) is 2.68. The summed E-state index contributed by atoms with van der Waals surface area (Å²) in [7, 11) is -2.77. The molecule has 4 heteroatoms. The highest BCUT2D eigenvalue weighted by Crippen LogP contribution is 2.48. The number of sulfone groups is 1. The predicted molar refractivity (Wildman–Crippen MR) is 70.5 cm³/mol. The van der Waals surface area contributed by atoms with Crippen molar-refractivity contribution in [2.45, 2.75) is 45.4 Å². The number of hydrogen-bond acceptors (Lipinski definition) is 3. The Balaban J connectivity index is 2.06. The molecule has 0 aromatic heterocycles. The lowest BCUT2D eigenvalue weighted by molar-refractivity contribution is 0.0924. The van der Waals surface area contributed by atoms with Crippen LogP contribution in [0.5, 0.6) is 0 Å². The van der Waals surface area contributed by atoms with Gasteiger partial charge < -0.3 is 5.73 Å². The van der Waals surface area contributed by atoms with Crippen molar-refractivity contribution in [3.8, 4) is 0 Å². The average Bonchev–Trinajstić information content (AvgIpc) is 2.70. The molecule has 0 bridgehead atoms. The zero-order valence-electron chi connectivity index (χ0n) is 10.8. The van der Waals surface area contributed by atoms with Crippen molar-refractivity contribution in [2.75, 3.05) is 18.1 Å². The molecule has 2 rings (SSSR count). The van der Waals surface area contributed by atoms with Gasteiger partial charge in [0.2, 0.25) is 0 Å². The van der Waals surface area contributed by atoms with E-state index in [1.807, 2.05) is 0 Å². The molecule has 2 N–H and O–H groups in total. The summed E-state index contributed by atoms with van der Waals surface area (Å²) in [4.78, 5) is 0. The van der Waals surface area contributed by atoms with Crippen molar-refractivity contribution < 1.29 is 8.42 Å². The highest BCUT2D eigenvalue weighted by molar-refractivity contribution is 7.91. The number of nitrogens with two attached hydrogens (primary N) is 1. The van der Waals surface area contributed by atoms with E-state index in [4.69, 9.17) is 5.73 Å². The number of rotatable bonds is 3. The molecule has 2 fully saturated rings. The molecule has 17 heavy (non-hydrogen) atoms.